The van der Waals surface area contributed by atoms with Gasteiger partial charge in [0.15, 0.2) is 5.78 Å². The topological polar surface area (TPSA) is 81.6 Å². The van der Waals surface area contributed by atoms with Crippen LogP contribution in [0.25, 0.3) is 0 Å². The smallest absolute Gasteiger partial charge is 0.152 e. The second-order valence-corrected chi connectivity index (χ2v) is 12.9. The lowest BCUT2D eigenvalue weighted by molar-refractivity contribution is -0.171. The number of carbonyl (C=O) groups is 1. The van der Waals surface area contributed by atoms with Gasteiger partial charge in [0.05, 0.1) is 12.1 Å². The van der Waals surface area contributed by atoms with E-state index in [2.05, 4.69) is 36.0 Å². The molecule has 4 saturated carbocycles. The molecule has 0 spiro atoms. The zero-order valence-electron chi connectivity index (χ0n) is 21.3. The van der Waals surface area contributed by atoms with Crippen LogP contribution in [0.15, 0.2) is 23.9 Å². The normalized spacial score (nSPS) is 46.0. The number of hydrazine groups is 1. The highest BCUT2D eigenvalue weighted by atomic mass is 16.3. The van der Waals surface area contributed by atoms with E-state index in [-0.39, 0.29) is 23.4 Å². The molecule has 0 saturated heterocycles. The van der Waals surface area contributed by atoms with Gasteiger partial charge in [0.1, 0.15) is 0 Å². The summed E-state index contributed by atoms with van der Waals surface area (Å²) in [5.74, 6) is 2.71. The molecule has 0 unspecified atom stereocenters. The lowest BCUT2D eigenvalue weighted by Crippen LogP contribution is -2.58. The minimum absolute atomic E-state index is 0.0130. The summed E-state index contributed by atoms with van der Waals surface area (Å²) in [5.41, 5.74) is 7.18. The van der Waals surface area contributed by atoms with E-state index in [0.29, 0.717) is 36.0 Å². The molecule has 4 fully saturated rings. The Morgan fingerprint density at radius 2 is 1.94 bits per heavy atom. The van der Waals surface area contributed by atoms with E-state index in [9.17, 15) is 15.0 Å². The number of allylic oxidation sites excluding steroid dienone is 4. The van der Waals surface area contributed by atoms with Crippen LogP contribution in [-0.2, 0) is 4.79 Å². The lowest BCUT2D eigenvalue weighted by atomic mass is 9.43. The quantitative estimate of drug-likeness (QED) is 0.425. The Balaban J connectivity index is 1.25. The predicted molar refractivity (Wildman–Crippen MR) is 134 cm³/mol. The molecule has 5 heteroatoms. The first kappa shape index (κ1) is 24.5. The van der Waals surface area contributed by atoms with E-state index in [4.69, 9.17) is 0 Å². The summed E-state index contributed by atoms with van der Waals surface area (Å²) in [6, 6.07) is 0. The molecule has 0 aliphatic heterocycles. The van der Waals surface area contributed by atoms with Gasteiger partial charge < -0.3 is 15.6 Å². The summed E-state index contributed by atoms with van der Waals surface area (Å²) in [6.45, 7) is 5.04. The SMILES string of the molecule is C[C@@]1(O)CC[C@@]2(CO)[C@@H](CC[C@H]3[C@@H]4CC[C@H](C(=O)CNNC5=CC=CCCC5)[C@@]4(C)CC[C@@H]32)C1. The van der Waals surface area contributed by atoms with Crippen molar-refractivity contribution in [2.24, 2.45) is 40.4 Å². The fourth-order valence-electron chi connectivity index (χ4n) is 9.32. The van der Waals surface area contributed by atoms with Gasteiger partial charge in [-0.3, -0.25) is 4.79 Å². The number of nitrogens with one attached hydrogen (secondary N) is 2. The van der Waals surface area contributed by atoms with Crippen molar-refractivity contribution in [1.82, 2.24) is 10.9 Å². The minimum Gasteiger partial charge on any atom is -0.396 e. The first-order chi connectivity index (χ1) is 16.3. The number of carbonyl (C=O) groups excluding carboxylic acids is 1. The Hall–Kier alpha value is -1.17. The van der Waals surface area contributed by atoms with Crippen molar-refractivity contribution in [3.05, 3.63) is 23.9 Å². The average Bonchev–Trinajstić information content (AvgIpc) is 2.97. The number of rotatable bonds is 6. The fraction of sp³-hybridized carbons (Fsp3) is 0.828. The summed E-state index contributed by atoms with van der Waals surface area (Å²) in [5, 5.41) is 21.4. The van der Waals surface area contributed by atoms with Gasteiger partial charge in [0, 0.05) is 18.2 Å². The molecule has 5 aliphatic rings. The van der Waals surface area contributed by atoms with Crippen LogP contribution in [0.3, 0.4) is 0 Å². The van der Waals surface area contributed by atoms with Gasteiger partial charge in [-0.05, 0) is 125 Å². The van der Waals surface area contributed by atoms with Gasteiger partial charge in [-0.15, -0.1) is 0 Å². The van der Waals surface area contributed by atoms with E-state index in [1.165, 1.54) is 6.42 Å². The van der Waals surface area contributed by atoms with Gasteiger partial charge in [0.2, 0.25) is 0 Å². The molecule has 8 atom stereocenters. The van der Waals surface area contributed by atoms with E-state index < -0.39 is 5.60 Å². The number of aliphatic hydroxyl groups excluding tert-OH is 1. The minimum atomic E-state index is -0.575. The first-order valence-corrected chi connectivity index (χ1v) is 14.0. The molecular weight excluding hydrogens is 424 g/mol. The highest BCUT2D eigenvalue weighted by molar-refractivity contribution is 5.84. The third-order valence-corrected chi connectivity index (χ3v) is 11.1. The van der Waals surface area contributed by atoms with Crippen molar-refractivity contribution < 1.29 is 15.0 Å². The fourth-order valence-corrected chi connectivity index (χ4v) is 9.32. The predicted octanol–water partition coefficient (Wildman–Crippen LogP) is 4.66. The maximum atomic E-state index is 13.4. The molecule has 4 N–H and O–H groups in total. The molecule has 0 radical (unpaired) electrons. The van der Waals surface area contributed by atoms with Crippen LogP contribution in [0.2, 0.25) is 0 Å². The number of ketones is 1. The van der Waals surface area contributed by atoms with Crippen LogP contribution >= 0.6 is 0 Å². The van der Waals surface area contributed by atoms with Gasteiger partial charge in [-0.1, -0.05) is 19.1 Å². The third-order valence-electron chi connectivity index (χ3n) is 11.1. The van der Waals surface area contributed by atoms with Gasteiger partial charge >= 0.3 is 0 Å². The number of hydrogen-bond donors (Lipinski definition) is 4. The van der Waals surface area contributed by atoms with E-state index in [0.717, 1.165) is 76.3 Å². The van der Waals surface area contributed by atoms with Crippen LogP contribution in [0, 0.1) is 40.4 Å². The van der Waals surface area contributed by atoms with Crippen LogP contribution in [0.1, 0.15) is 90.9 Å². The zero-order chi connectivity index (χ0) is 24.0. The number of Topliss-reactive ketones (excluding diaryl/α,β-unsaturated/α-hetero) is 1. The molecule has 5 nitrogen and oxygen atoms in total. The molecule has 0 heterocycles. The van der Waals surface area contributed by atoms with Gasteiger partial charge in [0.25, 0.3) is 0 Å². The standard InChI is InChI=1S/C29H46N2O3/c1-27(34)15-16-29(19-32)20(17-27)9-10-22-23-11-12-25(28(23,2)14-13-24(22)29)26(33)18-30-31-21-7-5-3-4-6-8-21/h3,5,7,20,22-25,30-32,34H,4,6,8-19H2,1-2H3/t20-,22-,23-,24-,25+,27+,28-,29+/m0/s1. The molecule has 0 aromatic carbocycles. The molecule has 0 bridgehead atoms. The summed E-state index contributed by atoms with van der Waals surface area (Å²) < 4.78 is 0. The molecule has 0 aromatic heterocycles. The van der Waals surface area contributed by atoms with Crippen LogP contribution < -0.4 is 10.9 Å². The lowest BCUT2D eigenvalue weighted by Gasteiger charge is -2.62. The highest BCUT2D eigenvalue weighted by Crippen LogP contribution is 2.68. The third kappa shape index (κ3) is 4.20. The second-order valence-electron chi connectivity index (χ2n) is 12.9. The van der Waals surface area contributed by atoms with Crippen molar-refractivity contribution >= 4 is 5.78 Å². The molecule has 5 rings (SSSR count). The maximum absolute atomic E-state index is 13.4. The number of fused-ring (bicyclic) bond motifs is 5. The maximum Gasteiger partial charge on any atom is 0.152 e. The van der Waals surface area contributed by atoms with Crippen molar-refractivity contribution in [1.29, 1.82) is 0 Å². The van der Waals surface area contributed by atoms with Crippen molar-refractivity contribution in [3.8, 4) is 0 Å². The Labute approximate surface area is 205 Å². The van der Waals surface area contributed by atoms with Crippen molar-refractivity contribution in [2.75, 3.05) is 13.2 Å². The Kier molecular flexibility index (Phi) is 6.76. The van der Waals surface area contributed by atoms with Crippen molar-refractivity contribution in [3.63, 3.8) is 0 Å². The molecule has 0 amide bonds. The number of aliphatic hydroxyl groups is 2. The van der Waals surface area contributed by atoms with Crippen LogP contribution in [-0.4, -0.2) is 34.7 Å². The summed E-state index contributed by atoms with van der Waals surface area (Å²) in [7, 11) is 0. The molecule has 190 valence electrons. The molecule has 0 aromatic rings. The summed E-state index contributed by atoms with van der Waals surface area (Å²) in [6.07, 6.45) is 19.0. The molecule has 5 aliphatic carbocycles. The summed E-state index contributed by atoms with van der Waals surface area (Å²) >= 11 is 0. The monoisotopic (exact) mass is 470 g/mol. The average molecular weight is 471 g/mol. The highest BCUT2D eigenvalue weighted by Gasteiger charge is 2.62. The van der Waals surface area contributed by atoms with E-state index in [1.54, 1.807) is 0 Å². The van der Waals surface area contributed by atoms with Gasteiger partial charge in [-0.2, -0.15) is 0 Å². The summed E-state index contributed by atoms with van der Waals surface area (Å²) in [4.78, 5) is 13.4. The Morgan fingerprint density at radius 3 is 2.76 bits per heavy atom. The number of hydrogen-bond acceptors (Lipinski definition) is 5. The van der Waals surface area contributed by atoms with Crippen molar-refractivity contribution in [2.45, 2.75) is 96.5 Å². The molecular formula is C29H46N2O3. The van der Waals surface area contributed by atoms with E-state index >= 15 is 0 Å². The van der Waals surface area contributed by atoms with Crippen LogP contribution in [0.5, 0.6) is 0 Å². The second kappa shape index (κ2) is 9.37. The Morgan fingerprint density at radius 1 is 1.09 bits per heavy atom. The van der Waals surface area contributed by atoms with Gasteiger partial charge in [-0.25, -0.2) is 5.43 Å². The zero-order valence-corrected chi connectivity index (χ0v) is 21.3. The molecule has 34 heavy (non-hydrogen) atoms. The van der Waals surface area contributed by atoms with E-state index in [1.807, 2.05) is 6.92 Å². The first-order valence-electron chi connectivity index (χ1n) is 14.0. The Bertz CT molecular complexity index is 835. The largest absolute Gasteiger partial charge is 0.396 e. The van der Waals surface area contributed by atoms with Crippen LogP contribution in [0.4, 0.5) is 0 Å².